The highest BCUT2D eigenvalue weighted by atomic mass is 16.5. The summed E-state index contributed by atoms with van der Waals surface area (Å²) in [5.74, 6) is -0.572. The first-order chi connectivity index (χ1) is 9.21. The Morgan fingerprint density at radius 2 is 2.00 bits per heavy atom. The molecule has 0 aromatic carbocycles. The lowest BCUT2D eigenvalue weighted by molar-refractivity contribution is -0.138. The van der Waals surface area contributed by atoms with Crippen molar-refractivity contribution in [3.63, 3.8) is 0 Å². The first-order valence-corrected chi connectivity index (χ1v) is 6.33. The average Bonchev–Trinajstić information content (AvgIpc) is 2.44. The normalized spacial score (nSPS) is 16.6. The Bertz CT molecular complexity index is 411. The minimum atomic E-state index is -0.572. The summed E-state index contributed by atoms with van der Waals surface area (Å²) < 4.78 is 4.81. The van der Waals surface area contributed by atoms with Crippen LogP contribution in [0.25, 0.3) is 0 Å². The molecule has 0 bridgehead atoms. The summed E-state index contributed by atoms with van der Waals surface area (Å²) in [6.45, 7) is 5.91. The number of nitriles is 2. The smallest absolute Gasteiger partial charge is 0.350 e. The van der Waals surface area contributed by atoms with Crippen LogP contribution in [0, 0.1) is 22.7 Å². The van der Waals surface area contributed by atoms with Crippen LogP contribution in [-0.2, 0) is 9.53 Å². The summed E-state index contributed by atoms with van der Waals surface area (Å²) in [6, 6.07) is 3.99. The van der Waals surface area contributed by atoms with Gasteiger partial charge in [-0.25, -0.2) is 4.79 Å². The van der Waals surface area contributed by atoms with Crippen LogP contribution in [0.4, 0.5) is 0 Å². The monoisotopic (exact) mass is 262 g/mol. The van der Waals surface area contributed by atoms with Crippen molar-refractivity contribution < 1.29 is 9.53 Å². The van der Waals surface area contributed by atoms with E-state index in [9.17, 15) is 4.79 Å². The minimum absolute atomic E-state index is 0.0346. The van der Waals surface area contributed by atoms with E-state index in [1.54, 1.807) is 13.1 Å². The molecule has 1 saturated heterocycles. The Hall–Kier alpha value is -2.05. The van der Waals surface area contributed by atoms with Gasteiger partial charge in [-0.1, -0.05) is 0 Å². The second-order valence-electron chi connectivity index (χ2n) is 4.16. The number of hydrogen-bond donors (Lipinski definition) is 0. The van der Waals surface area contributed by atoms with Gasteiger partial charge < -0.3 is 9.64 Å². The molecule has 1 heterocycles. The molecular formula is C13H18N4O2. The summed E-state index contributed by atoms with van der Waals surface area (Å²) in [5, 5.41) is 17.5. The van der Waals surface area contributed by atoms with Crippen LogP contribution in [-0.4, -0.2) is 55.1 Å². The van der Waals surface area contributed by atoms with E-state index in [4.69, 9.17) is 15.3 Å². The van der Waals surface area contributed by atoms with Crippen LogP contribution in [0.5, 0.6) is 0 Å². The average molecular weight is 262 g/mol. The van der Waals surface area contributed by atoms with Gasteiger partial charge in [0.2, 0.25) is 0 Å². The highest BCUT2D eigenvalue weighted by Gasteiger charge is 2.17. The van der Waals surface area contributed by atoms with Crippen molar-refractivity contribution in [2.24, 2.45) is 0 Å². The molecule has 0 aromatic heterocycles. The lowest BCUT2D eigenvalue weighted by atomic mass is 10.2. The molecule has 1 rings (SSSR count). The molecule has 102 valence electrons. The number of carbonyl (C=O) groups is 1. The van der Waals surface area contributed by atoms with Gasteiger partial charge in [-0.15, -0.1) is 0 Å². The standard InChI is InChI=1S/C13H18N4O2/c1-2-19-13(18)12(10-15)11-17-8-6-16(7-9-17)5-3-4-14/h11H,2-3,5-9H2,1H3/b12-11-. The highest BCUT2D eigenvalue weighted by molar-refractivity contribution is 5.92. The zero-order chi connectivity index (χ0) is 14.1. The molecule has 0 radical (unpaired) electrons. The van der Waals surface area contributed by atoms with Crippen LogP contribution < -0.4 is 0 Å². The molecule has 0 aromatic rings. The van der Waals surface area contributed by atoms with E-state index in [1.165, 1.54) is 0 Å². The van der Waals surface area contributed by atoms with Gasteiger partial charge in [0.25, 0.3) is 0 Å². The Morgan fingerprint density at radius 1 is 1.32 bits per heavy atom. The van der Waals surface area contributed by atoms with Crippen LogP contribution in [0.15, 0.2) is 11.8 Å². The van der Waals surface area contributed by atoms with E-state index in [0.29, 0.717) is 6.42 Å². The molecule has 0 amide bonds. The van der Waals surface area contributed by atoms with E-state index in [2.05, 4.69) is 11.0 Å². The fourth-order valence-corrected chi connectivity index (χ4v) is 1.84. The van der Waals surface area contributed by atoms with Gasteiger partial charge in [0, 0.05) is 45.3 Å². The molecule has 0 aliphatic carbocycles. The van der Waals surface area contributed by atoms with E-state index >= 15 is 0 Å². The predicted octanol–water partition coefficient (Wildman–Crippen LogP) is 0.488. The second kappa shape index (κ2) is 8.12. The number of rotatable bonds is 5. The molecule has 0 atom stereocenters. The fourth-order valence-electron chi connectivity index (χ4n) is 1.84. The molecule has 6 heteroatoms. The maximum absolute atomic E-state index is 11.5. The molecule has 0 saturated carbocycles. The van der Waals surface area contributed by atoms with Gasteiger partial charge in [-0.2, -0.15) is 10.5 Å². The van der Waals surface area contributed by atoms with Crippen LogP contribution in [0.1, 0.15) is 13.3 Å². The Kier molecular flexibility index (Phi) is 6.42. The van der Waals surface area contributed by atoms with Gasteiger partial charge in [-0.3, -0.25) is 4.90 Å². The van der Waals surface area contributed by atoms with Gasteiger partial charge in [-0.05, 0) is 6.92 Å². The van der Waals surface area contributed by atoms with Crippen molar-refractivity contribution in [2.75, 3.05) is 39.3 Å². The molecule has 6 nitrogen and oxygen atoms in total. The third-order valence-corrected chi connectivity index (χ3v) is 2.87. The van der Waals surface area contributed by atoms with E-state index in [-0.39, 0.29) is 12.2 Å². The molecular weight excluding hydrogens is 244 g/mol. The Balaban J connectivity index is 2.48. The summed E-state index contributed by atoms with van der Waals surface area (Å²) in [4.78, 5) is 15.6. The van der Waals surface area contributed by atoms with Gasteiger partial charge in [0.15, 0.2) is 5.57 Å². The van der Waals surface area contributed by atoms with Crippen LogP contribution >= 0.6 is 0 Å². The Morgan fingerprint density at radius 3 is 2.53 bits per heavy atom. The van der Waals surface area contributed by atoms with E-state index < -0.39 is 5.97 Å². The first-order valence-electron chi connectivity index (χ1n) is 6.33. The number of piperazine rings is 1. The van der Waals surface area contributed by atoms with Crippen LogP contribution in [0.3, 0.4) is 0 Å². The quantitative estimate of drug-likeness (QED) is 0.407. The van der Waals surface area contributed by atoms with Gasteiger partial charge in [0.1, 0.15) is 6.07 Å². The predicted molar refractivity (Wildman–Crippen MR) is 68.6 cm³/mol. The number of ether oxygens (including phenoxy) is 1. The topological polar surface area (TPSA) is 80.4 Å². The second-order valence-corrected chi connectivity index (χ2v) is 4.16. The largest absolute Gasteiger partial charge is 0.462 e. The van der Waals surface area contributed by atoms with Crippen molar-refractivity contribution in [3.05, 3.63) is 11.8 Å². The van der Waals surface area contributed by atoms with Gasteiger partial charge in [0.05, 0.1) is 12.7 Å². The SMILES string of the molecule is CCOC(=O)/C(C#N)=C\N1CCN(CCC#N)CC1. The lowest BCUT2D eigenvalue weighted by Gasteiger charge is -2.33. The summed E-state index contributed by atoms with van der Waals surface area (Å²) in [6.07, 6.45) is 2.10. The van der Waals surface area contributed by atoms with E-state index in [1.807, 2.05) is 11.0 Å². The molecule has 0 N–H and O–H groups in total. The highest BCUT2D eigenvalue weighted by Crippen LogP contribution is 2.06. The van der Waals surface area contributed by atoms with Crippen molar-refractivity contribution in [1.29, 1.82) is 10.5 Å². The third kappa shape index (κ3) is 4.99. The number of hydrogen-bond acceptors (Lipinski definition) is 6. The maximum atomic E-state index is 11.5. The summed E-state index contributed by atoms with van der Waals surface area (Å²) in [7, 11) is 0. The minimum Gasteiger partial charge on any atom is -0.462 e. The van der Waals surface area contributed by atoms with E-state index in [0.717, 1.165) is 32.7 Å². The maximum Gasteiger partial charge on any atom is 0.350 e. The lowest BCUT2D eigenvalue weighted by Crippen LogP contribution is -2.44. The summed E-state index contributed by atoms with van der Waals surface area (Å²) in [5.41, 5.74) is 0.0346. The van der Waals surface area contributed by atoms with Crippen molar-refractivity contribution in [2.45, 2.75) is 13.3 Å². The Labute approximate surface area is 113 Å². The summed E-state index contributed by atoms with van der Waals surface area (Å²) >= 11 is 0. The number of carbonyl (C=O) groups excluding carboxylic acids is 1. The molecule has 0 spiro atoms. The van der Waals surface area contributed by atoms with Crippen molar-refractivity contribution in [3.8, 4) is 12.1 Å². The fraction of sp³-hybridized carbons (Fsp3) is 0.615. The molecule has 19 heavy (non-hydrogen) atoms. The number of esters is 1. The zero-order valence-corrected chi connectivity index (χ0v) is 11.1. The molecule has 1 fully saturated rings. The third-order valence-electron chi connectivity index (χ3n) is 2.87. The first kappa shape index (κ1) is 15.0. The molecule has 1 aliphatic rings. The van der Waals surface area contributed by atoms with Crippen molar-refractivity contribution >= 4 is 5.97 Å². The van der Waals surface area contributed by atoms with Crippen molar-refractivity contribution in [1.82, 2.24) is 9.80 Å². The van der Waals surface area contributed by atoms with Gasteiger partial charge >= 0.3 is 5.97 Å². The zero-order valence-electron chi connectivity index (χ0n) is 11.1. The van der Waals surface area contributed by atoms with Crippen LogP contribution in [0.2, 0.25) is 0 Å². The number of nitrogens with zero attached hydrogens (tertiary/aromatic N) is 4. The molecule has 0 unspecified atom stereocenters. The molecule has 1 aliphatic heterocycles.